The van der Waals surface area contributed by atoms with Crippen LogP contribution in [-0.4, -0.2) is 24.5 Å². The lowest BCUT2D eigenvalue weighted by atomic mass is 10.0. The highest BCUT2D eigenvalue weighted by Crippen LogP contribution is 2.12. The normalized spacial score (nSPS) is 13.4. The first-order valence-corrected chi connectivity index (χ1v) is 6.97. The number of rotatable bonds is 6. The maximum absolute atomic E-state index is 6.05. The van der Waals surface area contributed by atoms with Gasteiger partial charge in [-0.1, -0.05) is 41.9 Å². The summed E-state index contributed by atoms with van der Waals surface area (Å²) in [5, 5.41) is 0. The molecule has 0 aliphatic heterocycles. The molecule has 0 aliphatic rings. The zero-order chi connectivity index (χ0) is 12.8. The molecule has 0 aliphatic carbocycles. The molecule has 0 heterocycles. The van der Waals surface area contributed by atoms with Gasteiger partial charge in [0.05, 0.1) is 0 Å². The molecular weight excluding hydrogens is 276 g/mol. The summed E-state index contributed by atoms with van der Waals surface area (Å²) in [6.45, 7) is 6.40. The van der Waals surface area contributed by atoms with E-state index in [1.165, 1.54) is 5.56 Å². The number of hydrogen-bond acceptors (Lipinski definition) is 2. The van der Waals surface area contributed by atoms with Crippen molar-refractivity contribution in [3.8, 4) is 0 Å². The Morgan fingerprint density at radius 3 is 2.35 bits per heavy atom. The van der Waals surface area contributed by atoms with Crippen LogP contribution >= 0.6 is 15.9 Å². The second-order valence-corrected chi connectivity index (χ2v) is 5.98. The van der Waals surface area contributed by atoms with Crippen molar-refractivity contribution in [3.05, 3.63) is 34.3 Å². The molecule has 2 nitrogen and oxygen atoms in total. The van der Waals surface area contributed by atoms with Crippen molar-refractivity contribution < 1.29 is 0 Å². The van der Waals surface area contributed by atoms with Crippen LogP contribution in [0.25, 0.3) is 0 Å². The highest BCUT2D eigenvalue weighted by molar-refractivity contribution is 9.10. The molecule has 96 valence electrons. The molecule has 0 radical (unpaired) electrons. The quantitative estimate of drug-likeness (QED) is 0.873. The number of hydrogen-bond donors (Lipinski definition) is 1. The summed E-state index contributed by atoms with van der Waals surface area (Å²) in [6, 6.07) is 8.79. The van der Waals surface area contributed by atoms with E-state index in [1.807, 2.05) is 0 Å². The molecule has 0 amide bonds. The van der Waals surface area contributed by atoms with E-state index in [2.05, 4.69) is 66.0 Å². The summed E-state index contributed by atoms with van der Waals surface area (Å²) in [5.41, 5.74) is 7.39. The van der Waals surface area contributed by atoms with E-state index in [9.17, 15) is 0 Å². The predicted octanol–water partition coefficient (Wildman–Crippen LogP) is 3.25. The van der Waals surface area contributed by atoms with Gasteiger partial charge in [-0.3, -0.25) is 0 Å². The Morgan fingerprint density at radius 2 is 1.82 bits per heavy atom. The van der Waals surface area contributed by atoms with Crippen molar-refractivity contribution in [2.75, 3.05) is 13.6 Å². The Morgan fingerprint density at radius 1 is 1.24 bits per heavy atom. The van der Waals surface area contributed by atoms with Crippen LogP contribution in [0.3, 0.4) is 0 Å². The second-order valence-electron chi connectivity index (χ2n) is 5.06. The standard InChI is InChI=1S/C14H23BrN2/c1-11(2)14(16)8-9-17(3)10-12-4-6-13(15)7-5-12/h4-7,11,14H,8-10,16H2,1-3H3. The maximum atomic E-state index is 6.05. The van der Waals surface area contributed by atoms with Crippen LogP contribution in [0.1, 0.15) is 25.8 Å². The van der Waals surface area contributed by atoms with Crippen LogP contribution in [0, 0.1) is 5.92 Å². The van der Waals surface area contributed by atoms with Gasteiger partial charge in [0.1, 0.15) is 0 Å². The molecule has 1 rings (SSSR count). The van der Waals surface area contributed by atoms with Gasteiger partial charge in [-0.25, -0.2) is 0 Å². The molecule has 1 aromatic rings. The Balaban J connectivity index is 2.34. The lowest BCUT2D eigenvalue weighted by Crippen LogP contribution is -2.31. The SMILES string of the molecule is CC(C)C(N)CCN(C)Cc1ccc(Br)cc1. The van der Waals surface area contributed by atoms with Crippen molar-refractivity contribution in [1.29, 1.82) is 0 Å². The van der Waals surface area contributed by atoms with Gasteiger partial charge < -0.3 is 10.6 Å². The third-order valence-electron chi connectivity index (χ3n) is 3.07. The Kier molecular flexibility index (Phi) is 6.17. The Bertz CT molecular complexity index is 321. The van der Waals surface area contributed by atoms with Crippen LogP contribution in [0.4, 0.5) is 0 Å². The monoisotopic (exact) mass is 298 g/mol. The molecule has 0 saturated carbocycles. The van der Waals surface area contributed by atoms with E-state index in [4.69, 9.17) is 5.73 Å². The van der Waals surface area contributed by atoms with Gasteiger partial charge in [0.25, 0.3) is 0 Å². The van der Waals surface area contributed by atoms with Gasteiger partial charge >= 0.3 is 0 Å². The molecule has 2 N–H and O–H groups in total. The van der Waals surface area contributed by atoms with E-state index in [0.717, 1.165) is 24.0 Å². The van der Waals surface area contributed by atoms with Crippen LogP contribution < -0.4 is 5.73 Å². The zero-order valence-corrected chi connectivity index (χ0v) is 12.6. The molecule has 1 unspecified atom stereocenters. The first-order chi connectivity index (χ1) is 7.99. The highest BCUT2D eigenvalue weighted by Gasteiger charge is 2.08. The number of benzene rings is 1. The fraction of sp³-hybridized carbons (Fsp3) is 0.571. The fourth-order valence-electron chi connectivity index (χ4n) is 1.68. The van der Waals surface area contributed by atoms with Gasteiger partial charge in [-0.05, 0) is 43.6 Å². The van der Waals surface area contributed by atoms with E-state index >= 15 is 0 Å². The zero-order valence-electron chi connectivity index (χ0n) is 11.0. The van der Waals surface area contributed by atoms with Crippen LogP contribution in [0.2, 0.25) is 0 Å². The average molecular weight is 299 g/mol. The molecule has 0 spiro atoms. The van der Waals surface area contributed by atoms with Gasteiger partial charge in [-0.15, -0.1) is 0 Å². The molecule has 0 saturated heterocycles. The van der Waals surface area contributed by atoms with E-state index < -0.39 is 0 Å². The third kappa shape index (κ3) is 5.66. The second kappa shape index (κ2) is 7.14. The molecule has 3 heteroatoms. The minimum atomic E-state index is 0.308. The van der Waals surface area contributed by atoms with Crippen LogP contribution in [-0.2, 0) is 6.54 Å². The average Bonchev–Trinajstić information content (AvgIpc) is 2.29. The molecule has 0 bridgehead atoms. The third-order valence-corrected chi connectivity index (χ3v) is 3.59. The smallest absolute Gasteiger partial charge is 0.0230 e. The lowest BCUT2D eigenvalue weighted by Gasteiger charge is -2.21. The van der Waals surface area contributed by atoms with Crippen molar-refractivity contribution in [2.24, 2.45) is 11.7 Å². The van der Waals surface area contributed by atoms with Gasteiger partial charge in [0.2, 0.25) is 0 Å². The minimum absolute atomic E-state index is 0.308. The Labute approximate surface area is 113 Å². The lowest BCUT2D eigenvalue weighted by molar-refractivity contribution is 0.296. The first kappa shape index (κ1) is 14.7. The number of nitrogens with two attached hydrogens (primary N) is 1. The van der Waals surface area contributed by atoms with E-state index in [-0.39, 0.29) is 0 Å². The van der Waals surface area contributed by atoms with Gasteiger partial charge in [0, 0.05) is 17.1 Å². The summed E-state index contributed by atoms with van der Waals surface area (Å²) in [6.07, 6.45) is 1.06. The summed E-state index contributed by atoms with van der Waals surface area (Å²) in [4.78, 5) is 2.32. The molecule has 0 aromatic heterocycles. The molecular formula is C14H23BrN2. The summed E-state index contributed by atoms with van der Waals surface area (Å²) in [5.74, 6) is 0.566. The Hall–Kier alpha value is -0.380. The largest absolute Gasteiger partial charge is 0.327 e. The van der Waals surface area contributed by atoms with Crippen molar-refractivity contribution in [3.63, 3.8) is 0 Å². The van der Waals surface area contributed by atoms with E-state index in [0.29, 0.717) is 12.0 Å². The first-order valence-electron chi connectivity index (χ1n) is 6.17. The molecule has 1 aromatic carbocycles. The predicted molar refractivity (Wildman–Crippen MR) is 77.9 cm³/mol. The highest BCUT2D eigenvalue weighted by atomic mass is 79.9. The van der Waals surface area contributed by atoms with Crippen LogP contribution in [0.15, 0.2) is 28.7 Å². The topological polar surface area (TPSA) is 29.3 Å². The fourth-order valence-corrected chi connectivity index (χ4v) is 1.95. The van der Waals surface area contributed by atoms with Crippen molar-refractivity contribution in [1.82, 2.24) is 4.90 Å². The van der Waals surface area contributed by atoms with Gasteiger partial charge in [-0.2, -0.15) is 0 Å². The summed E-state index contributed by atoms with van der Waals surface area (Å²) in [7, 11) is 2.15. The number of halogens is 1. The van der Waals surface area contributed by atoms with Crippen molar-refractivity contribution >= 4 is 15.9 Å². The van der Waals surface area contributed by atoms with Crippen LogP contribution in [0.5, 0.6) is 0 Å². The molecule has 1 atom stereocenters. The molecule has 0 fully saturated rings. The maximum Gasteiger partial charge on any atom is 0.0230 e. The molecule has 17 heavy (non-hydrogen) atoms. The minimum Gasteiger partial charge on any atom is -0.327 e. The summed E-state index contributed by atoms with van der Waals surface area (Å²) < 4.78 is 1.13. The van der Waals surface area contributed by atoms with E-state index in [1.54, 1.807) is 0 Å². The van der Waals surface area contributed by atoms with Crippen molar-refractivity contribution in [2.45, 2.75) is 32.9 Å². The number of nitrogens with zero attached hydrogens (tertiary/aromatic N) is 1. The summed E-state index contributed by atoms with van der Waals surface area (Å²) >= 11 is 3.45. The van der Waals surface area contributed by atoms with Gasteiger partial charge in [0.15, 0.2) is 0 Å².